The zero-order valence-corrected chi connectivity index (χ0v) is 21.6. The van der Waals surface area contributed by atoms with E-state index in [0.717, 1.165) is 46.8 Å². The van der Waals surface area contributed by atoms with Gasteiger partial charge in [-0.1, -0.05) is 18.2 Å². The van der Waals surface area contributed by atoms with Crippen LogP contribution in [0.4, 0.5) is 16.4 Å². The van der Waals surface area contributed by atoms with Crippen molar-refractivity contribution in [3.05, 3.63) is 60.3 Å². The Bertz CT molecular complexity index is 1200. The molecule has 1 aliphatic rings. The summed E-state index contributed by atoms with van der Waals surface area (Å²) in [6.07, 6.45) is 2.77. The third-order valence-electron chi connectivity index (χ3n) is 5.38. The number of ether oxygens (including phenoxy) is 4. The summed E-state index contributed by atoms with van der Waals surface area (Å²) in [4.78, 5) is 21.0. The Morgan fingerprint density at radius 2 is 1.89 bits per heavy atom. The molecule has 6 bridgehead atoms. The number of nitrogens with zero attached hydrogens (tertiary/aromatic N) is 2. The molecule has 9 heteroatoms. The van der Waals surface area contributed by atoms with Crippen molar-refractivity contribution in [2.45, 2.75) is 39.2 Å². The van der Waals surface area contributed by atoms with Crippen molar-refractivity contribution in [1.29, 1.82) is 0 Å². The van der Waals surface area contributed by atoms with Gasteiger partial charge in [-0.25, -0.2) is 14.8 Å². The van der Waals surface area contributed by atoms with Crippen molar-refractivity contribution in [2.75, 3.05) is 38.3 Å². The zero-order valence-electron chi connectivity index (χ0n) is 21.6. The van der Waals surface area contributed by atoms with E-state index in [4.69, 9.17) is 18.9 Å². The van der Waals surface area contributed by atoms with Crippen LogP contribution >= 0.6 is 0 Å². The Balaban J connectivity index is 1.47. The lowest BCUT2D eigenvalue weighted by molar-refractivity contribution is 0.0527. The van der Waals surface area contributed by atoms with Crippen LogP contribution in [0.15, 0.2) is 54.7 Å². The van der Waals surface area contributed by atoms with Crippen molar-refractivity contribution in [3.63, 3.8) is 0 Å². The molecule has 0 saturated heterocycles. The molecule has 37 heavy (non-hydrogen) atoms. The molecule has 3 aromatic rings. The maximum absolute atomic E-state index is 11.9. The standard InChI is InChI=1S/C28H34N4O5/c1-28(2,3)37-27(33)30-12-5-7-20-9-10-22-19-25(20)36-17-15-34-14-16-35-23-8-4-6-21(18-23)24-11-13-29-26(31-22)32-24/h4,6,8-11,13,18-19H,5,7,12,14-17H2,1-3H3,(H,30,33)(H,29,31,32). The fourth-order valence-electron chi connectivity index (χ4n) is 3.74. The highest BCUT2D eigenvalue weighted by Crippen LogP contribution is 2.28. The van der Waals surface area contributed by atoms with Crippen molar-refractivity contribution >= 4 is 17.7 Å². The van der Waals surface area contributed by atoms with Crippen LogP contribution in [0, 0.1) is 0 Å². The van der Waals surface area contributed by atoms with Crippen molar-refractivity contribution in [1.82, 2.24) is 15.3 Å². The highest BCUT2D eigenvalue weighted by Gasteiger charge is 2.16. The second-order valence-electron chi connectivity index (χ2n) is 9.58. The van der Waals surface area contributed by atoms with Gasteiger partial charge in [-0.15, -0.1) is 0 Å². The second kappa shape index (κ2) is 12.4. The van der Waals surface area contributed by atoms with Gasteiger partial charge >= 0.3 is 6.09 Å². The Hall–Kier alpha value is -3.85. The summed E-state index contributed by atoms with van der Waals surface area (Å²) >= 11 is 0. The molecular weight excluding hydrogens is 472 g/mol. The van der Waals surface area contributed by atoms with Gasteiger partial charge in [0.2, 0.25) is 5.95 Å². The van der Waals surface area contributed by atoms with Crippen LogP contribution in [0.3, 0.4) is 0 Å². The third-order valence-corrected chi connectivity index (χ3v) is 5.38. The van der Waals surface area contributed by atoms with Crippen LogP contribution in [0.5, 0.6) is 11.5 Å². The Morgan fingerprint density at radius 3 is 2.73 bits per heavy atom. The number of carbonyl (C=O) groups is 1. The number of hydrogen-bond donors (Lipinski definition) is 2. The van der Waals surface area contributed by atoms with E-state index < -0.39 is 11.7 Å². The molecule has 196 valence electrons. The van der Waals surface area contributed by atoms with E-state index in [9.17, 15) is 4.79 Å². The molecule has 0 atom stereocenters. The van der Waals surface area contributed by atoms with E-state index in [0.29, 0.717) is 38.9 Å². The number of aromatic nitrogens is 2. The summed E-state index contributed by atoms with van der Waals surface area (Å²) in [5, 5.41) is 6.08. The zero-order chi connectivity index (χ0) is 26.1. The van der Waals surface area contributed by atoms with Gasteiger partial charge in [0, 0.05) is 30.1 Å². The highest BCUT2D eigenvalue weighted by atomic mass is 16.6. The first kappa shape index (κ1) is 26.2. The Kier molecular flexibility index (Phi) is 8.79. The number of alkyl carbamates (subject to hydrolysis) is 1. The van der Waals surface area contributed by atoms with Gasteiger partial charge < -0.3 is 29.6 Å². The van der Waals surface area contributed by atoms with Crippen LogP contribution in [0.25, 0.3) is 11.3 Å². The van der Waals surface area contributed by atoms with Crippen molar-refractivity contribution in [2.24, 2.45) is 0 Å². The minimum atomic E-state index is -0.521. The van der Waals surface area contributed by atoms with E-state index in [1.54, 1.807) is 6.20 Å². The first-order chi connectivity index (χ1) is 17.9. The SMILES string of the molecule is CC(C)(C)OC(=O)NCCCc1ccc2cc1OCCOCCOc1cccc(c1)-c1ccnc(n1)N2. The molecule has 0 saturated carbocycles. The van der Waals surface area contributed by atoms with Crippen LogP contribution in [-0.2, 0) is 15.9 Å². The molecule has 0 fully saturated rings. The normalized spacial score (nSPS) is 13.8. The molecule has 0 aliphatic carbocycles. The fraction of sp³-hybridized carbons (Fsp3) is 0.393. The van der Waals surface area contributed by atoms with Gasteiger partial charge in [0.1, 0.15) is 30.3 Å². The van der Waals surface area contributed by atoms with E-state index in [1.165, 1.54) is 0 Å². The smallest absolute Gasteiger partial charge is 0.407 e. The van der Waals surface area contributed by atoms with E-state index in [2.05, 4.69) is 20.6 Å². The van der Waals surface area contributed by atoms with Crippen LogP contribution in [-0.4, -0.2) is 54.6 Å². The number of fused-ring (bicyclic) bond motifs is 7. The quantitative estimate of drug-likeness (QED) is 0.469. The van der Waals surface area contributed by atoms with Gasteiger partial charge in [0.15, 0.2) is 0 Å². The van der Waals surface area contributed by atoms with Gasteiger partial charge in [-0.2, -0.15) is 0 Å². The summed E-state index contributed by atoms with van der Waals surface area (Å²) in [6, 6.07) is 15.6. The molecule has 1 aliphatic heterocycles. The molecule has 2 heterocycles. The molecule has 0 radical (unpaired) electrons. The van der Waals surface area contributed by atoms with Gasteiger partial charge in [-0.05, 0) is 63.4 Å². The number of aryl methyl sites for hydroxylation is 1. The monoisotopic (exact) mass is 506 g/mol. The molecule has 2 aromatic carbocycles. The average Bonchev–Trinajstić information content (AvgIpc) is 2.86. The minimum Gasteiger partial charge on any atom is -0.491 e. The number of amides is 1. The van der Waals surface area contributed by atoms with Crippen LogP contribution < -0.4 is 20.1 Å². The molecule has 1 aromatic heterocycles. The lowest BCUT2D eigenvalue weighted by Gasteiger charge is -2.19. The van der Waals surface area contributed by atoms with Gasteiger partial charge in [0.25, 0.3) is 0 Å². The molecule has 9 nitrogen and oxygen atoms in total. The number of nitrogens with one attached hydrogen (secondary N) is 2. The number of carbonyl (C=O) groups excluding carboxylic acids is 1. The number of rotatable bonds is 4. The fourth-order valence-corrected chi connectivity index (χ4v) is 3.74. The first-order valence-corrected chi connectivity index (χ1v) is 12.5. The van der Waals surface area contributed by atoms with Crippen molar-refractivity contribution in [3.8, 4) is 22.8 Å². The summed E-state index contributed by atoms with van der Waals surface area (Å²) in [5.41, 5.74) is 3.04. The largest absolute Gasteiger partial charge is 0.491 e. The van der Waals surface area contributed by atoms with E-state index in [-0.39, 0.29) is 0 Å². The average molecular weight is 507 g/mol. The minimum absolute atomic E-state index is 0.397. The van der Waals surface area contributed by atoms with Crippen LogP contribution in [0.2, 0.25) is 0 Å². The Morgan fingerprint density at radius 1 is 1.05 bits per heavy atom. The van der Waals surface area contributed by atoms with Gasteiger partial charge in [0.05, 0.1) is 18.9 Å². The van der Waals surface area contributed by atoms with Crippen LogP contribution in [0.1, 0.15) is 32.8 Å². The molecule has 2 N–H and O–H groups in total. The number of benzene rings is 2. The first-order valence-electron chi connectivity index (χ1n) is 12.5. The highest BCUT2D eigenvalue weighted by molar-refractivity contribution is 5.67. The molecule has 0 spiro atoms. The lowest BCUT2D eigenvalue weighted by Crippen LogP contribution is -2.33. The maximum atomic E-state index is 11.9. The van der Waals surface area contributed by atoms with E-state index in [1.807, 2.05) is 69.3 Å². The topological polar surface area (TPSA) is 104 Å². The van der Waals surface area contributed by atoms with Crippen molar-refractivity contribution < 1.29 is 23.7 Å². The summed E-state index contributed by atoms with van der Waals surface area (Å²) in [6.45, 7) is 7.75. The van der Waals surface area contributed by atoms with Gasteiger partial charge in [-0.3, -0.25) is 0 Å². The predicted octanol–water partition coefficient (Wildman–Crippen LogP) is 5.13. The predicted molar refractivity (Wildman–Crippen MR) is 142 cm³/mol. The maximum Gasteiger partial charge on any atom is 0.407 e. The molecule has 1 amide bonds. The number of hydrogen-bond acceptors (Lipinski definition) is 8. The summed E-state index contributed by atoms with van der Waals surface area (Å²) in [5.74, 6) is 1.98. The molecule has 0 unspecified atom stereocenters. The molecule has 4 rings (SSSR count). The Labute approximate surface area is 217 Å². The third kappa shape index (κ3) is 8.35. The van der Waals surface area contributed by atoms with E-state index >= 15 is 0 Å². The number of anilines is 2. The lowest BCUT2D eigenvalue weighted by atomic mass is 10.1. The summed E-state index contributed by atoms with van der Waals surface area (Å²) in [7, 11) is 0. The summed E-state index contributed by atoms with van der Waals surface area (Å²) < 4.78 is 22.9. The molecular formula is C28H34N4O5. The second-order valence-corrected chi connectivity index (χ2v) is 9.58.